The maximum absolute atomic E-state index is 11.9. The number of rotatable bonds is 5. The first-order chi connectivity index (χ1) is 9.56. The van der Waals surface area contributed by atoms with Crippen molar-refractivity contribution in [1.29, 1.82) is 0 Å². The average Bonchev–Trinajstić information content (AvgIpc) is 2.85. The molecule has 1 N–H and O–H groups in total. The van der Waals surface area contributed by atoms with Gasteiger partial charge in [0.1, 0.15) is 6.33 Å². The zero-order valence-corrected chi connectivity index (χ0v) is 12.6. The predicted molar refractivity (Wildman–Crippen MR) is 80.9 cm³/mol. The van der Waals surface area contributed by atoms with Crippen LogP contribution < -0.4 is 5.32 Å². The van der Waals surface area contributed by atoms with Gasteiger partial charge in [-0.3, -0.25) is 4.79 Å². The number of benzene rings is 1. The molecule has 0 spiro atoms. The van der Waals surface area contributed by atoms with Gasteiger partial charge in [-0.25, -0.2) is 0 Å². The summed E-state index contributed by atoms with van der Waals surface area (Å²) in [6.45, 7) is 6.11. The Morgan fingerprint density at radius 3 is 2.95 bits per heavy atom. The number of aryl methyl sites for hydroxylation is 1. The van der Waals surface area contributed by atoms with E-state index in [0.29, 0.717) is 5.75 Å². The molecule has 0 unspecified atom stereocenters. The molecule has 0 atom stereocenters. The lowest BCUT2D eigenvalue weighted by Gasteiger charge is -2.09. The van der Waals surface area contributed by atoms with Gasteiger partial charge in [-0.1, -0.05) is 23.9 Å². The van der Waals surface area contributed by atoms with Gasteiger partial charge in [0.2, 0.25) is 5.91 Å². The molecule has 2 rings (SSSR count). The largest absolute Gasteiger partial charge is 0.325 e. The van der Waals surface area contributed by atoms with Gasteiger partial charge in [-0.05, 0) is 38.5 Å². The van der Waals surface area contributed by atoms with Crippen molar-refractivity contribution in [3.63, 3.8) is 0 Å². The number of carbonyl (C=O) groups is 1. The molecule has 106 valence electrons. The summed E-state index contributed by atoms with van der Waals surface area (Å²) in [5, 5.41) is 11.5. The molecular weight excluding hydrogens is 272 g/mol. The Morgan fingerprint density at radius 1 is 1.45 bits per heavy atom. The first kappa shape index (κ1) is 14.6. The van der Waals surface area contributed by atoms with Gasteiger partial charge in [0, 0.05) is 11.7 Å². The highest BCUT2D eigenvalue weighted by atomic mass is 32.2. The molecule has 1 aromatic heterocycles. The molecule has 5 nitrogen and oxygen atoms in total. The Morgan fingerprint density at radius 2 is 2.25 bits per heavy atom. The van der Waals surface area contributed by atoms with Crippen molar-refractivity contribution in [3.8, 4) is 0 Å². The third-order valence-corrected chi connectivity index (χ3v) is 3.69. The SMILES string of the molecule is Cc1cccc(NC(=O)CSc2nncn2C(C)C)c1. The van der Waals surface area contributed by atoms with Crippen LogP contribution in [0.1, 0.15) is 25.5 Å². The van der Waals surface area contributed by atoms with Crippen molar-refractivity contribution >= 4 is 23.4 Å². The van der Waals surface area contributed by atoms with Gasteiger partial charge in [-0.15, -0.1) is 10.2 Å². The Kier molecular flexibility index (Phi) is 4.79. The molecular formula is C14H18N4OS. The lowest BCUT2D eigenvalue weighted by molar-refractivity contribution is -0.113. The van der Waals surface area contributed by atoms with Gasteiger partial charge in [-0.2, -0.15) is 0 Å². The second-order valence-corrected chi connectivity index (χ2v) is 5.76. The van der Waals surface area contributed by atoms with E-state index in [2.05, 4.69) is 29.4 Å². The van der Waals surface area contributed by atoms with E-state index in [4.69, 9.17) is 0 Å². The van der Waals surface area contributed by atoms with Crippen LogP contribution in [0, 0.1) is 6.92 Å². The van der Waals surface area contributed by atoms with Crippen LogP contribution in [0.4, 0.5) is 5.69 Å². The Hall–Kier alpha value is -1.82. The Bertz CT molecular complexity index is 594. The number of hydrogen-bond acceptors (Lipinski definition) is 4. The third-order valence-electron chi connectivity index (χ3n) is 2.73. The van der Waals surface area contributed by atoms with Crippen LogP contribution in [-0.4, -0.2) is 26.4 Å². The molecule has 2 aromatic rings. The highest BCUT2D eigenvalue weighted by Crippen LogP contribution is 2.19. The quantitative estimate of drug-likeness (QED) is 0.860. The minimum absolute atomic E-state index is 0.0427. The summed E-state index contributed by atoms with van der Waals surface area (Å²) in [6.07, 6.45) is 1.69. The number of nitrogens with one attached hydrogen (secondary N) is 1. The van der Waals surface area contributed by atoms with Crippen molar-refractivity contribution in [1.82, 2.24) is 14.8 Å². The van der Waals surface area contributed by atoms with Crippen LogP contribution in [0.2, 0.25) is 0 Å². The summed E-state index contributed by atoms with van der Waals surface area (Å²) in [6, 6.07) is 8.03. The number of nitrogens with zero attached hydrogens (tertiary/aromatic N) is 3. The van der Waals surface area contributed by atoms with Crippen LogP contribution in [-0.2, 0) is 4.79 Å². The first-order valence-corrected chi connectivity index (χ1v) is 7.43. The fourth-order valence-corrected chi connectivity index (χ4v) is 2.58. The number of aromatic nitrogens is 3. The summed E-state index contributed by atoms with van der Waals surface area (Å²) in [5.41, 5.74) is 1.94. The topological polar surface area (TPSA) is 59.8 Å². The van der Waals surface area contributed by atoms with E-state index >= 15 is 0 Å². The summed E-state index contributed by atoms with van der Waals surface area (Å²) in [7, 11) is 0. The Labute approximate surface area is 122 Å². The zero-order valence-electron chi connectivity index (χ0n) is 11.8. The van der Waals surface area contributed by atoms with E-state index in [1.807, 2.05) is 35.8 Å². The van der Waals surface area contributed by atoms with Gasteiger partial charge >= 0.3 is 0 Å². The van der Waals surface area contributed by atoms with Crippen LogP contribution in [0.5, 0.6) is 0 Å². The Balaban J connectivity index is 1.91. The number of thioether (sulfide) groups is 1. The molecule has 1 amide bonds. The molecule has 0 aliphatic rings. The molecule has 0 fully saturated rings. The van der Waals surface area contributed by atoms with E-state index in [-0.39, 0.29) is 11.9 Å². The number of amides is 1. The van der Waals surface area contributed by atoms with Crippen molar-refractivity contribution in [2.75, 3.05) is 11.1 Å². The van der Waals surface area contributed by atoms with Crippen LogP contribution in [0.15, 0.2) is 35.7 Å². The first-order valence-electron chi connectivity index (χ1n) is 6.45. The maximum atomic E-state index is 11.9. The zero-order chi connectivity index (χ0) is 14.5. The second-order valence-electron chi connectivity index (χ2n) is 4.82. The normalized spacial score (nSPS) is 10.8. The number of anilines is 1. The minimum Gasteiger partial charge on any atom is -0.325 e. The minimum atomic E-state index is -0.0427. The van der Waals surface area contributed by atoms with Gasteiger partial charge in [0.15, 0.2) is 5.16 Å². The monoisotopic (exact) mass is 290 g/mol. The fraction of sp³-hybridized carbons (Fsp3) is 0.357. The van der Waals surface area contributed by atoms with E-state index in [0.717, 1.165) is 16.4 Å². The molecule has 0 aliphatic heterocycles. The highest BCUT2D eigenvalue weighted by Gasteiger charge is 2.10. The highest BCUT2D eigenvalue weighted by molar-refractivity contribution is 7.99. The van der Waals surface area contributed by atoms with Gasteiger partial charge < -0.3 is 9.88 Å². The molecule has 0 saturated heterocycles. The molecule has 1 aromatic carbocycles. The third kappa shape index (κ3) is 3.84. The summed E-state index contributed by atoms with van der Waals surface area (Å²) >= 11 is 1.39. The van der Waals surface area contributed by atoms with Gasteiger partial charge in [0.25, 0.3) is 0 Å². The summed E-state index contributed by atoms with van der Waals surface area (Å²) in [4.78, 5) is 11.9. The molecule has 6 heteroatoms. The summed E-state index contributed by atoms with van der Waals surface area (Å²) < 4.78 is 1.95. The maximum Gasteiger partial charge on any atom is 0.234 e. The lowest BCUT2D eigenvalue weighted by atomic mass is 10.2. The van der Waals surface area contributed by atoms with Crippen molar-refractivity contribution in [3.05, 3.63) is 36.2 Å². The van der Waals surface area contributed by atoms with E-state index in [1.165, 1.54) is 11.8 Å². The molecule has 0 radical (unpaired) electrons. The molecule has 0 aliphatic carbocycles. The predicted octanol–water partition coefficient (Wildman–Crippen LogP) is 2.90. The molecule has 0 bridgehead atoms. The molecule has 0 saturated carbocycles. The summed E-state index contributed by atoms with van der Waals surface area (Å²) in [5.74, 6) is 0.276. The van der Waals surface area contributed by atoms with Crippen molar-refractivity contribution in [2.24, 2.45) is 0 Å². The standard InChI is InChI=1S/C14H18N4OS/c1-10(2)18-9-15-17-14(18)20-8-13(19)16-12-6-4-5-11(3)7-12/h4-7,9-10H,8H2,1-3H3,(H,16,19). The number of hydrogen-bond donors (Lipinski definition) is 1. The lowest BCUT2D eigenvalue weighted by Crippen LogP contribution is -2.14. The second kappa shape index (κ2) is 6.56. The van der Waals surface area contributed by atoms with Crippen LogP contribution in [0.3, 0.4) is 0 Å². The molecule has 20 heavy (non-hydrogen) atoms. The smallest absolute Gasteiger partial charge is 0.234 e. The van der Waals surface area contributed by atoms with E-state index in [1.54, 1.807) is 6.33 Å². The molecule has 1 heterocycles. The van der Waals surface area contributed by atoms with Crippen molar-refractivity contribution in [2.45, 2.75) is 32.0 Å². The van der Waals surface area contributed by atoms with E-state index in [9.17, 15) is 4.79 Å². The number of carbonyl (C=O) groups excluding carboxylic acids is 1. The van der Waals surface area contributed by atoms with Gasteiger partial charge in [0.05, 0.1) is 5.75 Å². The average molecular weight is 290 g/mol. The van der Waals surface area contributed by atoms with Crippen molar-refractivity contribution < 1.29 is 4.79 Å². The van der Waals surface area contributed by atoms with Crippen LogP contribution >= 0.6 is 11.8 Å². The van der Waals surface area contributed by atoms with E-state index < -0.39 is 0 Å². The fourth-order valence-electron chi connectivity index (χ4n) is 1.74. The van der Waals surface area contributed by atoms with Crippen LogP contribution in [0.25, 0.3) is 0 Å².